The van der Waals surface area contributed by atoms with Crippen molar-refractivity contribution >= 4 is 0 Å². The Morgan fingerprint density at radius 2 is 1.86 bits per heavy atom. The minimum absolute atomic E-state index is 0.770. The van der Waals surface area contributed by atoms with E-state index in [0.717, 1.165) is 31.1 Å². The van der Waals surface area contributed by atoms with Crippen LogP contribution in [0.5, 0.6) is 0 Å². The van der Waals surface area contributed by atoms with E-state index in [9.17, 15) is 0 Å². The molecule has 1 aromatic rings. The predicted octanol–water partition coefficient (Wildman–Crippen LogP) is 3.95. The molecular formula is C19H30N2. The number of benzene rings is 1. The predicted molar refractivity (Wildman–Crippen MR) is 89.2 cm³/mol. The van der Waals surface area contributed by atoms with Gasteiger partial charge in [0.05, 0.1) is 0 Å². The Kier molecular flexibility index (Phi) is 4.97. The van der Waals surface area contributed by atoms with Crippen LogP contribution in [-0.4, -0.2) is 24.0 Å². The minimum atomic E-state index is 0.770. The molecule has 0 amide bonds. The van der Waals surface area contributed by atoms with E-state index in [1.807, 2.05) is 0 Å². The summed E-state index contributed by atoms with van der Waals surface area (Å²) in [5, 5.41) is 3.61. The third-order valence-corrected chi connectivity index (χ3v) is 5.23. The Balaban J connectivity index is 1.56. The van der Waals surface area contributed by atoms with Crippen LogP contribution in [0.1, 0.15) is 56.6 Å². The number of nitrogens with one attached hydrogen (secondary N) is 1. The Hall–Kier alpha value is -0.860. The van der Waals surface area contributed by atoms with Gasteiger partial charge in [-0.2, -0.15) is 0 Å². The number of nitrogens with zero attached hydrogens (tertiary/aromatic N) is 1. The van der Waals surface area contributed by atoms with Crippen LogP contribution in [-0.2, 0) is 13.1 Å². The van der Waals surface area contributed by atoms with Crippen LogP contribution in [0.15, 0.2) is 24.3 Å². The molecule has 3 rings (SSSR count). The number of hydrogen-bond acceptors (Lipinski definition) is 2. The molecule has 2 aliphatic rings. The summed E-state index contributed by atoms with van der Waals surface area (Å²) in [5.41, 5.74) is 2.90. The summed E-state index contributed by atoms with van der Waals surface area (Å²) < 4.78 is 0. The van der Waals surface area contributed by atoms with Crippen LogP contribution in [0, 0.1) is 5.92 Å². The van der Waals surface area contributed by atoms with Gasteiger partial charge in [0.1, 0.15) is 0 Å². The Morgan fingerprint density at radius 3 is 2.62 bits per heavy atom. The topological polar surface area (TPSA) is 15.3 Å². The molecule has 0 bridgehead atoms. The lowest BCUT2D eigenvalue weighted by Crippen LogP contribution is -2.38. The normalized spacial score (nSPS) is 26.2. The second kappa shape index (κ2) is 6.93. The van der Waals surface area contributed by atoms with Crippen molar-refractivity contribution in [2.24, 2.45) is 5.92 Å². The highest BCUT2D eigenvalue weighted by Crippen LogP contribution is 2.28. The third kappa shape index (κ3) is 4.31. The lowest BCUT2D eigenvalue weighted by Gasteiger charge is -2.36. The summed E-state index contributed by atoms with van der Waals surface area (Å²) in [7, 11) is 2.31. The van der Waals surface area contributed by atoms with Crippen molar-refractivity contribution in [1.82, 2.24) is 10.2 Å². The molecular weight excluding hydrogens is 256 g/mol. The fourth-order valence-electron chi connectivity index (χ4n) is 3.74. The van der Waals surface area contributed by atoms with Gasteiger partial charge >= 0.3 is 0 Å². The summed E-state index contributed by atoms with van der Waals surface area (Å²) in [4.78, 5) is 2.58. The van der Waals surface area contributed by atoms with Crippen molar-refractivity contribution < 1.29 is 0 Å². The van der Waals surface area contributed by atoms with E-state index < -0.39 is 0 Å². The molecule has 2 nitrogen and oxygen atoms in total. The molecule has 1 aromatic carbocycles. The Labute approximate surface area is 129 Å². The van der Waals surface area contributed by atoms with Crippen molar-refractivity contribution in [2.45, 2.75) is 70.6 Å². The summed E-state index contributed by atoms with van der Waals surface area (Å²) in [6.07, 6.45) is 8.34. The summed E-state index contributed by atoms with van der Waals surface area (Å²) in [5.74, 6) is 0.850. The van der Waals surface area contributed by atoms with Crippen LogP contribution < -0.4 is 5.32 Å². The maximum Gasteiger partial charge on any atom is 0.0233 e. The summed E-state index contributed by atoms with van der Waals surface area (Å²) in [6, 6.07) is 10.7. The number of hydrogen-bond donors (Lipinski definition) is 1. The monoisotopic (exact) mass is 286 g/mol. The zero-order chi connectivity index (χ0) is 14.7. The fourth-order valence-corrected chi connectivity index (χ4v) is 3.74. The van der Waals surface area contributed by atoms with Crippen LogP contribution in [0.2, 0.25) is 0 Å². The van der Waals surface area contributed by atoms with E-state index in [1.165, 1.54) is 49.7 Å². The molecule has 0 aromatic heterocycles. The first-order valence-corrected chi connectivity index (χ1v) is 8.74. The van der Waals surface area contributed by atoms with Crippen molar-refractivity contribution in [2.75, 3.05) is 7.05 Å². The van der Waals surface area contributed by atoms with Crippen LogP contribution in [0.4, 0.5) is 0 Å². The molecule has 21 heavy (non-hydrogen) atoms. The standard InChI is InChI=1S/C19H30N2/c1-15-6-3-4-9-19(15)21(2)14-17-8-5-7-16(12-17)13-20-18-10-11-18/h5,7-8,12,15,18-20H,3-4,6,9-11,13-14H2,1-2H3. The molecule has 116 valence electrons. The average molecular weight is 286 g/mol. The van der Waals surface area contributed by atoms with E-state index in [4.69, 9.17) is 0 Å². The zero-order valence-corrected chi connectivity index (χ0v) is 13.6. The molecule has 0 saturated heterocycles. The van der Waals surface area contributed by atoms with E-state index in [1.54, 1.807) is 0 Å². The van der Waals surface area contributed by atoms with E-state index in [-0.39, 0.29) is 0 Å². The third-order valence-electron chi connectivity index (χ3n) is 5.23. The van der Waals surface area contributed by atoms with Gasteiger partial charge in [-0.05, 0) is 49.8 Å². The van der Waals surface area contributed by atoms with Crippen molar-refractivity contribution in [3.05, 3.63) is 35.4 Å². The van der Waals surface area contributed by atoms with Gasteiger partial charge in [-0.3, -0.25) is 4.90 Å². The van der Waals surface area contributed by atoms with Crippen molar-refractivity contribution in [3.63, 3.8) is 0 Å². The summed E-state index contributed by atoms with van der Waals surface area (Å²) >= 11 is 0. The maximum atomic E-state index is 3.61. The first-order chi connectivity index (χ1) is 10.2. The second-order valence-electron chi connectivity index (χ2n) is 7.22. The molecule has 0 radical (unpaired) electrons. The van der Waals surface area contributed by atoms with Crippen LogP contribution >= 0.6 is 0 Å². The highest BCUT2D eigenvalue weighted by Gasteiger charge is 2.24. The van der Waals surface area contributed by atoms with E-state index >= 15 is 0 Å². The summed E-state index contributed by atoms with van der Waals surface area (Å²) in [6.45, 7) is 4.55. The average Bonchev–Trinajstić information content (AvgIpc) is 3.30. The molecule has 2 fully saturated rings. The molecule has 2 unspecified atom stereocenters. The van der Waals surface area contributed by atoms with Gasteiger partial charge in [-0.15, -0.1) is 0 Å². The first kappa shape index (κ1) is 15.1. The van der Waals surface area contributed by atoms with Gasteiger partial charge in [0.25, 0.3) is 0 Å². The van der Waals surface area contributed by atoms with Gasteiger partial charge in [0.15, 0.2) is 0 Å². The quantitative estimate of drug-likeness (QED) is 0.852. The fraction of sp³-hybridized carbons (Fsp3) is 0.684. The van der Waals surface area contributed by atoms with E-state index in [0.29, 0.717) is 0 Å². The largest absolute Gasteiger partial charge is 0.310 e. The minimum Gasteiger partial charge on any atom is -0.310 e. The van der Waals surface area contributed by atoms with Crippen molar-refractivity contribution in [3.8, 4) is 0 Å². The highest BCUT2D eigenvalue weighted by molar-refractivity contribution is 5.23. The molecule has 2 heteroatoms. The SMILES string of the molecule is CC1CCCCC1N(C)Cc1cccc(CNC2CC2)c1. The molecule has 0 spiro atoms. The first-order valence-electron chi connectivity index (χ1n) is 8.74. The molecule has 1 N–H and O–H groups in total. The van der Waals surface area contributed by atoms with Crippen LogP contribution in [0.25, 0.3) is 0 Å². The Bertz CT molecular complexity index is 453. The second-order valence-corrected chi connectivity index (χ2v) is 7.22. The van der Waals surface area contributed by atoms with Crippen molar-refractivity contribution in [1.29, 1.82) is 0 Å². The molecule has 2 saturated carbocycles. The maximum absolute atomic E-state index is 3.61. The smallest absolute Gasteiger partial charge is 0.0233 e. The highest BCUT2D eigenvalue weighted by atomic mass is 15.1. The van der Waals surface area contributed by atoms with Gasteiger partial charge in [0, 0.05) is 25.2 Å². The lowest BCUT2D eigenvalue weighted by molar-refractivity contribution is 0.133. The zero-order valence-electron chi connectivity index (χ0n) is 13.6. The number of rotatable bonds is 6. The molecule has 2 atom stereocenters. The van der Waals surface area contributed by atoms with Gasteiger partial charge in [-0.25, -0.2) is 0 Å². The van der Waals surface area contributed by atoms with Gasteiger partial charge < -0.3 is 5.32 Å². The Morgan fingerprint density at radius 1 is 1.10 bits per heavy atom. The molecule has 0 aliphatic heterocycles. The van der Waals surface area contributed by atoms with Gasteiger partial charge in [-0.1, -0.05) is 44.0 Å². The lowest BCUT2D eigenvalue weighted by atomic mass is 9.85. The van der Waals surface area contributed by atoms with Crippen LogP contribution in [0.3, 0.4) is 0 Å². The molecule has 0 heterocycles. The van der Waals surface area contributed by atoms with Gasteiger partial charge in [0.2, 0.25) is 0 Å². The van der Waals surface area contributed by atoms with E-state index in [2.05, 4.69) is 48.5 Å². The molecule has 2 aliphatic carbocycles.